The van der Waals surface area contributed by atoms with Gasteiger partial charge in [0.1, 0.15) is 17.7 Å². The Morgan fingerprint density at radius 3 is 3.00 bits per heavy atom. The highest BCUT2D eigenvalue weighted by Crippen LogP contribution is 2.32. The smallest absolute Gasteiger partial charge is 0.252 e. The van der Waals surface area contributed by atoms with Crippen LogP contribution in [0.2, 0.25) is 0 Å². The maximum Gasteiger partial charge on any atom is 0.252 e. The molecule has 25 heavy (non-hydrogen) atoms. The Labute approximate surface area is 146 Å². The van der Waals surface area contributed by atoms with Crippen molar-refractivity contribution in [2.75, 3.05) is 13.2 Å². The Balaban J connectivity index is 1.57. The van der Waals surface area contributed by atoms with Crippen molar-refractivity contribution >= 4 is 5.91 Å². The van der Waals surface area contributed by atoms with Crippen molar-refractivity contribution in [1.29, 1.82) is 0 Å². The van der Waals surface area contributed by atoms with Gasteiger partial charge in [-0.3, -0.25) is 4.79 Å². The molecule has 5 nitrogen and oxygen atoms in total. The number of imidazole rings is 1. The number of rotatable bonds is 3. The van der Waals surface area contributed by atoms with Crippen LogP contribution in [0, 0.1) is 5.82 Å². The molecule has 0 saturated carbocycles. The van der Waals surface area contributed by atoms with Crippen LogP contribution in [0.5, 0.6) is 0 Å². The van der Waals surface area contributed by atoms with Crippen LogP contribution in [0.4, 0.5) is 4.39 Å². The number of likely N-dealkylation sites (tertiary alicyclic amines) is 1. The summed E-state index contributed by atoms with van der Waals surface area (Å²) in [6.07, 6.45) is 6.11. The maximum absolute atomic E-state index is 13.5. The molecule has 2 unspecified atom stereocenters. The van der Waals surface area contributed by atoms with Gasteiger partial charge in [0.05, 0.1) is 17.9 Å². The number of nitrogens with one attached hydrogen (secondary N) is 1. The minimum Gasteiger partial charge on any atom is -0.368 e. The van der Waals surface area contributed by atoms with Crippen molar-refractivity contribution in [2.45, 2.75) is 44.2 Å². The summed E-state index contributed by atoms with van der Waals surface area (Å²) >= 11 is 0. The third kappa shape index (κ3) is 3.31. The van der Waals surface area contributed by atoms with Crippen LogP contribution in [0.15, 0.2) is 30.5 Å². The van der Waals surface area contributed by atoms with Gasteiger partial charge in [-0.25, -0.2) is 9.37 Å². The van der Waals surface area contributed by atoms with Crippen LogP contribution < -0.4 is 0 Å². The van der Waals surface area contributed by atoms with Gasteiger partial charge in [0.25, 0.3) is 5.91 Å². The number of aromatic nitrogens is 2. The summed E-state index contributed by atoms with van der Waals surface area (Å²) in [6.45, 7) is 1.40. The van der Waals surface area contributed by atoms with E-state index in [-0.39, 0.29) is 23.9 Å². The Morgan fingerprint density at radius 2 is 2.20 bits per heavy atom. The molecular formula is C19H22FN3O2. The van der Waals surface area contributed by atoms with E-state index in [0.29, 0.717) is 6.61 Å². The summed E-state index contributed by atoms with van der Waals surface area (Å²) in [5.41, 5.74) is 1.52. The average Bonchev–Trinajstić information content (AvgIpc) is 3.33. The van der Waals surface area contributed by atoms with E-state index in [1.54, 1.807) is 12.3 Å². The third-order valence-corrected chi connectivity index (χ3v) is 5.04. The second-order valence-corrected chi connectivity index (χ2v) is 6.74. The van der Waals surface area contributed by atoms with Crippen molar-refractivity contribution in [1.82, 2.24) is 14.9 Å². The molecule has 1 N–H and O–H groups in total. The number of amides is 1. The molecule has 132 valence electrons. The van der Waals surface area contributed by atoms with Crippen molar-refractivity contribution in [3.8, 4) is 11.3 Å². The number of carbonyl (C=O) groups excluding carboxylic acids is 1. The zero-order valence-electron chi connectivity index (χ0n) is 14.1. The van der Waals surface area contributed by atoms with E-state index >= 15 is 0 Å². The lowest BCUT2D eigenvalue weighted by Crippen LogP contribution is -2.44. The van der Waals surface area contributed by atoms with E-state index in [2.05, 4.69) is 9.97 Å². The predicted octanol–water partition coefficient (Wildman–Crippen LogP) is 3.45. The molecule has 1 aromatic heterocycles. The highest BCUT2D eigenvalue weighted by atomic mass is 19.1. The Morgan fingerprint density at radius 1 is 1.28 bits per heavy atom. The number of carbonyl (C=O) groups is 1. The number of halogens is 1. The van der Waals surface area contributed by atoms with Crippen LogP contribution in [0.25, 0.3) is 11.3 Å². The average molecular weight is 343 g/mol. The first-order valence-electron chi connectivity index (χ1n) is 8.95. The highest BCUT2D eigenvalue weighted by Gasteiger charge is 2.35. The van der Waals surface area contributed by atoms with Crippen molar-refractivity contribution in [2.24, 2.45) is 0 Å². The Hall–Kier alpha value is -2.21. The fourth-order valence-corrected chi connectivity index (χ4v) is 3.75. The molecule has 2 aliphatic heterocycles. The minimum atomic E-state index is -0.307. The standard InChI is InChI=1S/C19H22FN3O2/c20-14-6-3-5-13(11-14)15-12-21-18(22-15)16-7-1-2-9-23(16)19(24)17-8-4-10-25-17/h3,5-6,11-12,16-17H,1-2,4,7-10H2,(H,21,22). The molecule has 1 amide bonds. The molecule has 2 atom stereocenters. The number of hydrogen-bond donors (Lipinski definition) is 1. The van der Waals surface area contributed by atoms with Gasteiger partial charge in [-0.05, 0) is 44.2 Å². The first-order chi connectivity index (χ1) is 12.2. The second-order valence-electron chi connectivity index (χ2n) is 6.74. The Bertz CT molecular complexity index is 755. The number of piperidine rings is 1. The summed E-state index contributed by atoms with van der Waals surface area (Å²) in [4.78, 5) is 22.5. The van der Waals surface area contributed by atoms with Crippen LogP contribution >= 0.6 is 0 Å². The van der Waals surface area contributed by atoms with Gasteiger partial charge in [-0.15, -0.1) is 0 Å². The van der Waals surface area contributed by atoms with Crippen molar-refractivity contribution < 1.29 is 13.9 Å². The number of hydrogen-bond acceptors (Lipinski definition) is 3. The van der Waals surface area contributed by atoms with Crippen LogP contribution in [0.1, 0.15) is 44.0 Å². The van der Waals surface area contributed by atoms with Gasteiger partial charge in [0, 0.05) is 18.7 Å². The fraction of sp³-hybridized carbons (Fsp3) is 0.474. The lowest BCUT2D eigenvalue weighted by molar-refractivity contribution is -0.145. The molecule has 0 aliphatic carbocycles. The van der Waals surface area contributed by atoms with Crippen LogP contribution in [-0.4, -0.2) is 40.0 Å². The topological polar surface area (TPSA) is 58.2 Å². The second kappa shape index (κ2) is 6.96. The molecule has 2 aliphatic rings. The largest absolute Gasteiger partial charge is 0.368 e. The van der Waals surface area contributed by atoms with Gasteiger partial charge in [0.2, 0.25) is 0 Å². The molecule has 1 aromatic carbocycles. The first-order valence-corrected chi connectivity index (χ1v) is 8.95. The molecular weight excluding hydrogens is 321 g/mol. The van der Waals surface area contributed by atoms with E-state index in [9.17, 15) is 9.18 Å². The van der Waals surface area contributed by atoms with Gasteiger partial charge in [-0.1, -0.05) is 12.1 Å². The molecule has 2 saturated heterocycles. The summed E-state index contributed by atoms with van der Waals surface area (Å²) in [7, 11) is 0. The molecule has 3 heterocycles. The molecule has 0 bridgehead atoms. The van der Waals surface area contributed by atoms with Crippen molar-refractivity contribution in [3.63, 3.8) is 0 Å². The summed E-state index contributed by atoms with van der Waals surface area (Å²) in [6, 6.07) is 6.36. The summed E-state index contributed by atoms with van der Waals surface area (Å²) in [5, 5.41) is 0. The fourth-order valence-electron chi connectivity index (χ4n) is 3.75. The molecule has 0 radical (unpaired) electrons. The molecule has 2 aromatic rings. The number of nitrogens with zero attached hydrogens (tertiary/aromatic N) is 2. The normalized spacial score (nSPS) is 23.8. The summed E-state index contributed by atoms with van der Waals surface area (Å²) in [5.74, 6) is 0.567. The zero-order chi connectivity index (χ0) is 17.2. The molecule has 2 fully saturated rings. The number of H-pyrrole nitrogens is 1. The number of benzene rings is 1. The number of ether oxygens (including phenoxy) is 1. The van der Waals surface area contributed by atoms with E-state index in [1.807, 2.05) is 11.0 Å². The minimum absolute atomic E-state index is 0.0623. The highest BCUT2D eigenvalue weighted by molar-refractivity contribution is 5.81. The molecule has 6 heteroatoms. The quantitative estimate of drug-likeness (QED) is 0.929. The monoisotopic (exact) mass is 343 g/mol. The van der Waals surface area contributed by atoms with E-state index < -0.39 is 0 Å². The van der Waals surface area contributed by atoms with Gasteiger partial charge < -0.3 is 14.6 Å². The van der Waals surface area contributed by atoms with E-state index in [4.69, 9.17) is 4.74 Å². The van der Waals surface area contributed by atoms with Crippen LogP contribution in [-0.2, 0) is 9.53 Å². The molecule has 0 spiro atoms. The zero-order valence-corrected chi connectivity index (χ0v) is 14.1. The molecule has 4 rings (SSSR count). The summed E-state index contributed by atoms with van der Waals surface area (Å²) < 4.78 is 19.0. The van der Waals surface area contributed by atoms with Gasteiger partial charge >= 0.3 is 0 Å². The first kappa shape index (κ1) is 16.3. The maximum atomic E-state index is 13.5. The Kier molecular flexibility index (Phi) is 4.53. The van der Waals surface area contributed by atoms with Gasteiger partial charge in [0.15, 0.2) is 0 Å². The lowest BCUT2D eigenvalue weighted by atomic mass is 10.0. The third-order valence-electron chi connectivity index (χ3n) is 5.04. The van der Waals surface area contributed by atoms with Crippen LogP contribution in [0.3, 0.4) is 0 Å². The lowest BCUT2D eigenvalue weighted by Gasteiger charge is -2.35. The van der Waals surface area contributed by atoms with Crippen molar-refractivity contribution in [3.05, 3.63) is 42.1 Å². The predicted molar refractivity (Wildman–Crippen MR) is 91.3 cm³/mol. The van der Waals surface area contributed by atoms with Gasteiger partial charge in [-0.2, -0.15) is 0 Å². The number of aromatic amines is 1. The van der Waals surface area contributed by atoms with E-state index in [0.717, 1.165) is 55.7 Å². The van der Waals surface area contributed by atoms with E-state index in [1.165, 1.54) is 12.1 Å². The SMILES string of the molecule is O=C(C1CCCO1)N1CCCCC1c1ncc(-c2cccc(F)c2)[nH]1.